The van der Waals surface area contributed by atoms with Gasteiger partial charge in [0, 0.05) is 25.8 Å². The summed E-state index contributed by atoms with van der Waals surface area (Å²) in [5.41, 5.74) is 6.35. The van der Waals surface area contributed by atoms with E-state index in [1.54, 1.807) is 0 Å². The lowest BCUT2D eigenvalue weighted by atomic mass is 9.92. The first-order valence-corrected chi connectivity index (χ1v) is 7.18. The molecule has 1 saturated heterocycles. The number of carbonyl (C=O) groups is 2. The molecule has 1 unspecified atom stereocenters. The number of nitrogens with two attached hydrogens (primary N) is 1. The van der Waals surface area contributed by atoms with Crippen molar-refractivity contribution in [2.75, 3.05) is 23.8 Å². The quantitative estimate of drug-likeness (QED) is 0.777. The number of hydrogen-bond acceptors (Lipinski definition) is 4. The van der Waals surface area contributed by atoms with E-state index >= 15 is 0 Å². The van der Waals surface area contributed by atoms with Crippen molar-refractivity contribution in [1.29, 1.82) is 0 Å². The second-order valence-corrected chi connectivity index (χ2v) is 5.34. The molecule has 0 bridgehead atoms. The van der Waals surface area contributed by atoms with E-state index in [0.717, 1.165) is 0 Å². The van der Waals surface area contributed by atoms with Crippen molar-refractivity contribution in [3.8, 4) is 0 Å². The van der Waals surface area contributed by atoms with Gasteiger partial charge in [0.2, 0.25) is 11.8 Å². The van der Waals surface area contributed by atoms with Crippen LogP contribution in [0.3, 0.4) is 0 Å². The molecule has 1 fully saturated rings. The molecule has 1 aliphatic rings. The predicted molar refractivity (Wildman–Crippen MR) is 88.1 cm³/mol. The summed E-state index contributed by atoms with van der Waals surface area (Å²) in [5, 5.41) is 5.02. The zero-order valence-corrected chi connectivity index (χ0v) is 13.6. The smallest absolute Gasteiger partial charge is 0.241 e. The van der Waals surface area contributed by atoms with E-state index in [2.05, 4.69) is 10.6 Å². The maximum absolute atomic E-state index is 13.8. The normalized spacial score (nSPS) is 16.1. The third kappa shape index (κ3) is 5.46. The van der Waals surface area contributed by atoms with E-state index in [-0.39, 0.29) is 29.9 Å². The summed E-state index contributed by atoms with van der Waals surface area (Å²) in [6.07, 6.45) is 1.42. The maximum atomic E-state index is 13.8. The number of amides is 2. The number of benzene rings is 1. The minimum atomic E-state index is -0.715. The molecule has 1 aliphatic heterocycles. The van der Waals surface area contributed by atoms with E-state index < -0.39 is 17.8 Å². The third-order valence-electron chi connectivity index (χ3n) is 3.62. The molecule has 0 aliphatic carbocycles. The van der Waals surface area contributed by atoms with Crippen LogP contribution in [0.1, 0.15) is 19.8 Å². The number of nitrogens with one attached hydrogen (secondary N) is 2. The fraction of sp³-hybridized carbons (Fsp3) is 0.467. The number of halogens is 2. The third-order valence-corrected chi connectivity index (χ3v) is 3.62. The Bertz CT molecular complexity index is 565. The Morgan fingerprint density at radius 1 is 1.30 bits per heavy atom. The van der Waals surface area contributed by atoms with Crippen LogP contribution in [-0.4, -0.2) is 31.1 Å². The van der Waals surface area contributed by atoms with Crippen molar-refractivity contribution >= 4 is 35.6 Å². The zero-order valence-electron chi connectivity index (χ0n) is 12.8. The highest BCUT2D eigenvalue weighted by atomic mass is 35.5. The van der Waals surface area contributed by atoms with Crippen molar-refractivity contribution in [2.45, 2.75) is 25.8 Å². The minimum absolute atomic E-state index is 0. The highest BCUT2D eigenvalue weighted by Crippen LogP contribution is 2.22. The van der Waals surface area contributed by atoms with Crippen molar-refractivity contribution < 1.29 is 18.7 Å². The number of ether oxygens (including phenoxy) is 1. The first-order chi connectivity index (χ1) is 10.5. The molecule has 2 amide bonds. The highest BCUT2D eigenvalue weighted by Gasteiger charge is 2.27. The molecule has 6 nitrogen and oxygen atoms in total. The Balaban J connectivity index is 0.00000264. The first-order valence-electron chi connectivity index (χ1n) is 7.18. The molecule has 128 valence electrons. The van der Waals surface area contributed by atoms with Crippen LogP contribution in [0.25, 0.3) is 0 Å². The number of anilines is 2. The zero-order chi connectivity index (χ0) is 16.1. The standard InChI is InChI=1S/C15H20FN3O3.ClH/c1-9(20)18-11-2-3-12(16)13(8-11)19-15(21)14(17)10-4-6-22-7-5-10;/h2-3,8,10,14H,4-7,17H2,1H3,(H,18,20)(H,19,21);1H. The number of rotatable bonds is 4. The van der Waals surface area contributed by atoms with Crippen molar-refractivity contribution in [3.63, 3.8) is 0 Å². The van der Waals surface area contributed by atoms with Crippen LogP contribution in [0.4, 0.5) is 15.8 Å². The fourth-order valence-corrected chi connectivity index (χ4v) is 2.41. The summed E-state index contributed by atoms with van der Waals surface area (Å²) < 4.78 is 19.0. The van der Waals surface area contributed by atoms with Crippen LogP contribution >= 0.6 is 12.4 Å². The van der Waals surface area contributed by atoms with Gasteiger partial charge in [-0.05, 0) is 37.0 Å². The Morgan fingerprint density at radius 2 is 1.96 bits per heavy atom. The second-order valence-electron chi connectivity index (χ2n) is 5.34. The topological polar surface area (TPSA) is 93.5 Å². The van der Waals surface area contributed by atoms with Crippen LogP contribution < -0.4 is 16.4 Å². The molecule has 1 atom stereocenters. The minimum Gasteiger partial charge on any atom is -0.381 e. The molecule has 23 heavy (non-hydrogen) atoms. The monoisotopic (exact) mass is 345 g/mol. The average molecular weight is 346 g/mol. The van der Waals surface area contributed by atoms with E-state index in [4.69, 9.17) is 10.5 Å². The van der Waals surface area contributed by atoms with Gasteiger partial charge in [0.1, 0.15) is 5.82 Å². The van der Waals surface area contributed by atoms with E-state index in [9.17, 15) is 14.0 Å². The fourth-order valence-electron chi connectivity index (χ4n) is 2.41. The molecule has 0 radical (unpaired) electrons. The molecule has 1 heterocycles. The molecule has 1 aromatic carbocycles. The number of carbonyl (C=O) groups excluding carboxylic acids is 2. The Kier molecular flexibility index (Phi) is 7.41. The molecule has 1 aromatic rings. The molecule has 0 aromatic heterocycles. The summed E-state index contributed by atoms with van der Waals surface area (Å²) >= 11 is 0. The van der Waals surface area contributed by atoms with Gasteiger partial charge in [0.25, 0.3) is 0 Å². The lowest BCUT2D eigenvalue weighted by molar-refractivity contribution is -0.119. The molecular formula is C15H21ClFN3O3. The summed E-state index contributed by atoms with van der Waals surface area (Å²) in [4.78, 5) is 23.2. The Morgan fingerprint density at radius 3 is 2.57 bits per heavy atom. The summed E-state index contributed by atoms with van der Waals surface area (Å²) in [5.74, 6) is -1.27. The SMILES string of the molecule is CC(=O)Nc1ccc(F)c(NC(=O)C(N)C2CCOCC2)c1.Cl. The van der Waals surface area contributed by atoms with Crippen molar-refractivity contribution in [1.82, 2.24) is 0 Å². The lowest BCUT2D eigenvalue weighted by Crippen LogP contribution is -2.44. The maximum Gasteiger partial charge on any atom is 0.241 e. The van der Waals surface area contributed by atoms with Gasteiger partial charge in [-0.15, -0.1) is 12.4 Å². The molecule has 0 spiro atoms. The van der Waals surface area contributed by atoms with Gasteiger partial charge < -0.3 is 21.1 Å². The van der Waals surface area contributed by atoms with E-state index in [1.807, 2.05) is 0 Å². The molecule has 4 N–H and O–H groups in total. The van der Waals surface area contributed by atoms with Gasteiger partial charge in [0.05, 0.1) is 11.7 Å². The summed E-state index contributed by atoms with van der Waals surface area (Å²) in [7, 11) is 0. The van der Waals surface area contributed by atoms with Gasteiger partial charge in [-0.25, -0.2) is 4.39 Å². The van der Waals surface area contributed by atoms with Crippen LogP contribution in [0.15, 0.2) is 18.2 Å². The molecular weight excluding hydrogens is 325 g/mol. The van der Waals surface area contributed by atoms with Gasteiger partial charge in [-0.1, -0.05) is 0 Å². The molecule has 2 rings (SSSR count). The average Bonchev–Trinajstić information content (AvgIpc) is 2.50. The van der Waals surface area contributed by atoms with Gasteiger partial charge >= 0.3 is 0 Å². The summed E-state index contributed by atoms with van der Waals surface area (Å²) in [6.45, 7) is 2.51. The van der Waals surface area contributed by atoms with Gasteiger partial charge in [0.15, 0.2) is 0 Å². The van der Waals surface area contributed by atoms with Gasteiger partial charge in [-0.3, -0.25) is 9.59 Å². The largest absolute Gasteiger partial charge is 0.381 e. The van der Waals surface area contributed by atoms with Crippen LogP contribution in [0, 0.1) is 11.7 Å². The predicted octanol–water partition coefficient (Wildman–Crippen LogP) is 1.90. The first kappa shape index (κ1) is 19.3. The molecule has 8 heteroatoms. The second kappa shape index (κ2) is 8.81. The van der Waals surface area contributed by atoms with Crippen molar-refractivity contribution in [2.24, 2.45) is 11.7 Å². The van der Waals surface area contributed by atoms with E-state index in [1.165, 1.54) is 25.1 Å². The highest BCUT2D eigenvalue weighted by molar-refractivity contribution is 5.96. The number of hydrogen-bond donors (Lipinski definition) is 3. The van der Waals surface area contributed by atoms with Crippen LogP contribution in [0.2, 0.25) is 0 Å². The Labute approximate surface area is 140 Å². The van der Waals surface area contributed by atoms with E-state index in [0.29, 0.717) is 31.7 Å². The Hall–Kier alpha value is -1.70. The lowest BCUT2D eigenvalue weighted by Gasteiger charge is -2.26. The van der Waals surface area contributed by atoms with Gasteiger partial charge in [-0.2, -0.15) is 0 Å². The molecule has 0 saturated carbocycles. The summed E-state index contributed by atoms with van der Waals surface area (Å²) in [6, 6.07) is 3.25. The van der Waals surface area contributed by atoms with Crippen LogP contribution in [0.5, 0.6) is 0 Å². The van der Waals surface area contributed by atoms with Crippen LogP contribution in [-0.2, 0) is 14.3 Å². The van der Waals surface area contributed by atoms with Crippen molar-refractivity contribution in [3.05, 3.63) is 24.0 Å².